The zero-order valence-corrected chi connectivity index (χ0v) is 10.8. The third-order valence-electron chi connectivity index (χ3n) is 2.09. The fourth-order valence-electron chi connectivity index (χ4n) is 1.34. The molecule has 8 nitrogen and oxygen atoms in total. The second-order valence-corrected chi connectivity index (χ2v) is 4.50. The Balaban J connectivity index is 2.09. The van der Waals surface area contributed by atoms with Crippen LogP contribution in [0.4, 0.5) is 9.18 Å². The molecule has 0 saturated heterocycles. The van der Waals surface area contributed by atoms with Crippen molar-refractivity contribution in [1.82, 2.24) is 25.5 Å². The minimum Gasteiger partial charge on any atom is -0.351 e. The van der Waals surface area contributed by atoms with Gasteiger partial charge in [0.2, 0.25) is 11.1 Å². The molecule has 0 bridgehead atoms. The number of carbonyl (C=O) groups excluding carboxylic acids is 2. The van der Waals surface area contributed by atoms with Gasteiger partial charge in [-0.2, -0.15) is 4.68 Å². The number of hydrogen-bond donors (Lipinski definition) is 2. The number of hydrogen-bond acceptors (Lipinski definition) is 6. The monoisotopic (exact) mass is 296 g/mol. The van der Waals surface area contributed by atoms with Crippen LogP contribution in [0.2, 0.25) is 0 Å². The molecule has 1 aromatic heterocycles. The molecule has 0 atom stereocenters. The van der Waals surface area contributed by atoms with Crippen LogP contribution in [0.1, 0.15) is 0 Å². The van der Waals surface area contributed by atoms with Gasteiger partial charge in [-0.25, -0.2) is 9.18 Å². The second kappa shape index (κ2) is 6.10. The number of imide groups is 1. The summed E-state index contributed by atoms with van der Waals surface area (Å²) < 4.78 is 14.4. The molecule has 2 aromatic rings. The third-order valence-corrected chi connectivity index (χ3v) is 3.01. The first-order valence-electron chi connectivity index (χ1n) is 5.32. The summed E-state index contributed by atoms with van der Waals surface area (Å²) in [7, 11) is 0. The van der Waals surface area contributed by atoms with Crippen LogP contribution in [0, 0.1) is 5.82 Å². The molecule has 0 aliphatic carbocycles. The maximum atomic E-state index is 13.1. The van der Waals surface area contributed by atoms with Crippen LogP contribution in [-0.2, 0) is 4.79 Å². The number of rotatable bonds is 4. The summed E-state index contributed by atoms with van der Waals surface area (Å²) in [6.45, 7) is 0. The first-order valence-corrected chi connectivity index (χ1v) is 6.31. The Morgan fingerprint density at radius 2 is 2.25 bits per heavy atom. The third kappa shape index (κ3) is 3.51. The number of nitrogens with zero attached hydrogens (tertiary/aromatic N) is 4. The molecule has 0 radical (unpaired) electrons. The van der Waals surface area contributed by atoms with Crippen molar-refractivity contribution in [1.29, 1.82) is 0 Å². The number of primary amides is 1. The summed E-state index contributed by atoms with van der Waals surface area (Å²) >= 11 is 0.989. The van der Waals surface area contributed by atoms with Crippen molar-refractivity contribution in [3.8, 4) is 5.69 Å². The molecule has 1 heterocycles. The summed E-state index contributed by atoms with van der Waals surface area (Å²) in [5.41, 5.74) is 5.24. The van der Waals surface area contributed by atoms with Crippen molar-refractivity contribution in [3.63, 3.8) is 0 Å². The molecule has 0 saturated carbocycles. The average Bonchev–Trinajstić information content (AvgIpc) is 2.84. The molecule has 0 unspecified atom stereocenters. The van der Waals surface area contributed by atoms with Crippen molar-refractivity contribution in [3.05, 3.63) is 30.1 Å². The van der Waals surface area contributed by atoms with Crippen LogP contribution in [0.15, 0.2) is 29.4 Å². The maximum Gasteiger partial charge on any atom is 0.318 e. The Morgan fingerprint density at radius 1 is 1.45 bits per heavy atom. The molecule has 2 rings (SSSR count). The highest BCUT2D eigenvalue weighted by atomic mass is 32.2. The van der Waals surface area contributed by atoms with Gasteiger partial charge in [0.15, 0.2) is 0 Å². The fourth-order valence-corrected chi connectivity index (χ4v) is 2.03. The minimum atomic E-state index is -0.930. The fraction of sp³-hybridized carbons (Fsp3) is 0.100. The van der Waals surface area contributed by atoms with E-state index in [0.717, 1.165) is 11.8 Å². The molecule has 0 aliphatic rings. The van der Waals surface area contributed by atoms with E-state index in [1.165, 1.54) is 22.9 Å². The summed E-state index contributed by atoms with van der Waals surface area (Å²) in [5, 5.41) is 13.1. The Labute approximate surface area is 116 Å². The number of halogens is 1. The van der Waals surface area contributed by atoms with Crippen molar-refractivity contribution >= 4 is 23.7 Å². The molecular formula is C10H9FN6O2S. The lowest BCUT2D eigenvalue weighted by molar-refractivity contribution is -0.117. The number of carbonyl (C=O) groups is 2. The highest BCUT2D eigenvalue weighted by molar-refractivity contribution is 7.99. The number of tetrazole rings is 1. The largest absolute Gasteiger partial charge is 0.351 e. The van der Waals surface area contributed by atoms with Crippen molar-refractivity contribution < 1.29 is 14.0 Å². The van der Waals surface area contributed by atoms with Gasteiger partial charge in [-0.15, -0.1) is 5.10 Å². The van der Waals surface area contributed by atoms with Gasteiger partial charge in [0.25, 0.3) is 0 Å². The van der Waals surface area contributed by atoms with Crippen LogP contribution >= 0.6 is 11.8 Å². The molecule has 0 spiro atoms. The minimum absolute atomic E-state index is 0.0986. The molecule has 1 aromatic carbocycles. The second-order valence-electron chi connectivity index (χ2n) is 3.55. The lowest BCUT2D eigenvalue weighted by Crippen LogP contribution is -2.36. The van der Waals surface area contributed by atoms with Crippen LogP contribution in [0.3, 0.4) is 0 Å². The Bertz CT molecular complexity index is 646. The Morgan fingerprint density at radius 3 is 2.95 bits per heavy atom. The molecular weight excluding hydrogens is 287 g/mol. The van der Waals surface area contributed by atoms with Gasteiger partial charge in [-0.05, 0) is 28.6 Å². The van der Waals surface area contributed by atoms with Gasteiger partial charge in [-0.3, -0.25) is 10.1 Å². The van der Waals surface area contributed by atoms with E-state index in [9.17, 15) is 14.0 Å². The van der Waals surface area contributed by atoms with Crippen molar-refractivity contribution in [2.24, 2.45) is 5.73 Å². The maximum absolute atomic E-state index is 13.1. The SMILES string of the molecule is NC(=O)NC(=O)CSc1nnnn1-c1cccc(F)c1. The summed E-state index contributed by atoms with van der Waals surface area (Å²) in [4.78, 5) is 21.8. The number of amides is 3. The number of nitrogens with one attached hydrogen (secondary N) is 1. The lowest BCUT2D eigenvalue weighted by Gasteiger charge is -2.04. The molecule has 3 amide bonds. The topological polar surface area (TPSA) is 116 Å². The summed E-state index contributed by atoms with van der Waals surface area (Å²) in [6, 6.07) is 4.75. The van der Waals surface area contributed by atoms with E-state index >= 15 is 0 Å². The Kier molecular flexibility index (Phi) is 4.25. The first kappa shape index (κ1) is 13.9. The van der Waals surface area contributed by atoms with Crippen molar-refractivity contribution in [2.75, 3.05) is 5.75 Å². The van der Waals surface area contributed by atoms with E-state index in [2.05, 4.69) is 15.5 Å². The Hall–Kier alpha value is -2.49. The molecule has 10 heteroatoms. The molecule has 0 fully saturated rings. The van der Waals surface area contributed by atoms with Crippen LogP contribution < -0.4 is 11.1 Å². The van der Waals surface area contributed by atoms with Crippen LogP contribution in [0.5, 0.6) is 0 Å². The van der Waals surface area contributed by atoms with E-state index in [1.54, 1.807) is 6.07 Å². The number of nitrogens with two attached hydrogens (primary N) is 1. The zero-order valence-electron chi connectivity index (χ0n) is 9.99. The van der Waals surface area contributed by atoms with Gasteiger partial charge in [0, 0.05) is 0 Å². The normalized spacial score (nSPS) is 10.2. The molecule has 104 valence electrons. The van der Waals surface area contributed by atoms with Crippen molar-refractivity contribution in [2.45, 2.75) is 5.16 Å². The number of aromatic nitrogens is 4. The van der Waals surface area contributed by atoms with Crippen LogP contribution in [0.25, 0.3) is 5.69 Å². The van der Waals surface area contributed by atoms with Crippen LogP contribution in [-0.4, -0.2) is 37.9 Å². The summed E-state index contributed by atoms with van der Waals surface area (Å²) in [6.07, 6.45) is 0. The van der Waals surface area contributed by atoms with E-state index < -0.39 is 17.8 Å². The predicted molar refractivity (Wildman–Crippen MR) is 67.6 cm³/mol. The lowest BCUT2D eigenvalue weighted by atomic mass is 10.3. The quantitative estimate of drug-likeness (QED) is 0.772. The van der Waals surface area contributed by atoms with E-state index in [0.29, 0.717) is 5.69 Å². The standard InChI is InChI=1S/C10H9FN6O2S/c11-6-2-1-3-7(4-6)17-10(14-15-16-17)20-5-8(18)13-9(12)19/h1-4H,5H2,(H3,12,13,18,19). The van der Waals surface area contributed by atoms with E-state index in [1.807, 2.05) is 5.32 Å². The first-order chi connectivity index (χ1) is 9.56. The molecule has 0 aliphatic heterocycles. The number of thioether (sulfide) groups is 1. The predicted octanol–water partition coefficient (Wildman–Crippen LogP) is 0.0884. The van der Waals surface area contributed by atoms with Gasteiger partial charge < -0.3 is 5.73 Å². The van der Waals surface area contributed by atoms with Gasteiger partial charge in [-0.1, -0.05) is 17.8 Å². The highest BCUT2D eigenvalue weighted by Gasteiger charge is 2.12. The van der Waals surface area contributed by atoms with Gasteiger partial charge in [0.1, 0.15) is 5.82 Å². The summed E-state index contributed by atoms with van der Waals surface area (Å²) in [5.74, 6) is -1.10. The van der Waals surface area contributed by atoms with E-state index in [4.69, 9.17) is 5.73 Å². The average molecular weight is 296 g/mol. The van der Waals surface area contributed by atoms with Gasteiger partial charge in [0.05, 0.1) is 11.4 Å². The smallest absolute Gasteiger partial charge is 0.318 e. The van der Waals surface area contributed by atoms with Gasteiger partial charge >= 0.3 is 6.03 Å². The number of urea groups is 1. The number of benzene rings is 1. The van der Waals surface area contributed by atoms with E-state index in [-0.39, 0.29) is 10.9 Å². The highest BCUT2D eigenvalue weighted by Crippen LogP contribution is 2.18. The molecule has 20 heavy (non-hydrogen) atoms. The molecule has 3 N–H and O–H groups in total. The zero-order chi connectivity index (χ0) is 14.5.